The Bertz CT molecular complexity index is 513. The number of rotatable bonds is 3. The topological polar surface area (TPSA) is 84.7 Å². The van der Waals surface area contributed by atoms with E-state index in [-0.39, 0.29) is 24.0 Å². The van der Waals surface area contributed by atoms with Crippen molar-refractivity contribution >= 4 is 17.7 Å². The second kappa shape index (κ2) is 6.58. The van der Waals surface area contributed by atoms with Gasteiger partial charge in [-0.2, -0.15) is 0 Å². The molecular formula is C15H21N3O3. The summed E-state index contributed by atoms with van der Waals surface area (Å²) in [5.41, 5.74) is 7.51. The first-order chi connectivity index (χ1) is 10.0. The lowest BCUT2D eigenvalue weighted by molar-refractivity contribution is -0.144. The number of benzene rings is 1. The van der Waals surface area contributed by atoms with E-state index in [1.807, 2.05) is 31.2 Å². The molecule has 3 N–H and O–H groups in total. The van der Waals surface area contributed by atoms with Gasteiger partial charge in [0.1, 0.15) is 0 Å². The fourth-order valence-electron chi connectivity index (χ4n) is 2.38. The third-order valence-electron chi connectivity index (χ3n) is 3.70. The molecule has 2 unspecified atom stereocenters. The number of nitrogens with one attached hydrogen (secondary N) is 1. The molecule has 1 fully saturated rings. The average molecular weight is 291 g/mol. The minimum atomic E-state index is -0.258. The maximum Gasteiger partial charge on any atom is 0.321 e. The molecule has 0 spiro atoms. The number of hydrogen-bond donors (Lipinski definition) is 2. The Labute approximate surface area is 124 Å². The van der Waals surface area contributed by atoms with Crippen molar-refractivity contribution in [2.75, 3.05) is 25.5 Å². The number of methoxy groups -OCH3 is 1. The van der Waals surface area contributed by atoms with Gasteiger partial charge >= 0.3 is 12.0 Å². The van der Waals surface area contributed by atoms with Gasteiger partial charge in [-0.1, -0.05) is 12.1 Å². The molecule has 1 saturated heterocycles. The average Bonchev–Trinajstić information content (AvgIpc) is 2.97. The standard InChI is InChI=1S/C15H21N3O3/c1-10(16)11-3-5-13(6-4-11)17-15(20)18-8-7-12(9-18)14(19)21-2/h3-6,10,12H,7-9,16H2,1-2H3,(H,17,20). The third-order valence-corrected chi connectivity index (χ3v) is 3.70. The molecule has 114 valence electrons. The Morgan fingerprint density at radius 3 is 2.62 bits per heavy atom. The maximum absolute atomic E-state index is 12.1. The summed E-state index contributed by atoms with van der Waals surface area (Å²) in [6, 6.07) is 7.20. The van der Waals surface area contributed by atoms with Crippen LogP contribution in [0.2, 0.25) is 0 Å². The summed E-state index contributed by atoms with van der Waals surface area (Å²) >= 11 is 0. The Morgan fingerprint density at radius 2 is 2.05 bits per heavy atom. The first kappa shape index (κ1) is 15.3. The van der Waals surface area contributed by atoms with Crippen LogP contribution in [0, 0.1) is 5.92 Å². The van der Waals surface area contributed by atoms with E-state index in [1.165, 1.54) is 7.11 Å². The number of nitrogens with two attached hydrogens (primary N) is 1. The van der Waals surface area contributed by atoms with Gasteiger partial charge in [0.15, 0.2) is 0 Å². The zero-order valence-corrected chi connectivity index (χ0v) is 12.3. The summed E-state index contributed by atoms with van der Waals surface area (Å²) in [5, 5.41) is 2.82. The monoisotopic (exact) mass is 291 g/mol. The number of hydrogen-bond acceptors (Lipinski definition) is 4. The number of urea groups is 1. The fourth-order valence-corrected chi connectivity index (χ4v) is 2.38. The number of carbonyl (C=O) groups is 2. The van der Waals surface area contributed by atoms with Gasteiger partial charge in [-0.3, -0.25) is 4.79 Å². The van der Waals surface area contributed by atoms with Gasteiger partial charge < -0.3 is 20.7 Å². The molecule has 2 atom stereocenters. The Kier molecular flexibility index (Phi) is 4.80. The highest BCUT2D eigenvalue weighted by Gasteiger charge is 2.31. The van der Waals surface area contributed by atoms with Crippen molar-refractivity contribution < 1.29 is 14.3 Å². The maximum atomic E-state index is 12.1. The van der Waals surface area contributed by atoms with Crippen molar-refractivity contribution in [3.8, 4) is 0 Å². The number of nitrogens with zero attached hydrogens (tertiary/aromatic N) is 1. The SMILES string of the molecule is COC(=O)C1CCN(C(=O)Nc2ccc(C(C)N)cc2)C1. The third kappa shape index (κ3) is 3.72. The van der Waals surface area contributed by atoms with Crippen LogP contribution in [0.1, 0.15) is 24.9 Å². The number of esters is 1. The van der Waals surface area contributed by atoms with E-state index in [1.54, 1.807) is 4.90 Å². The lowest BCUT2D eigenvalue weighted by Gasteiger charge is -2.17. The number of amides is 2. The van der Waals surface area contributed by atoms with Crippen LogP contribution >= 0.6 is 0 Å². The highest BCUT2D eigenvalue weighted by Crippen LogP contribution is 2.19. The molecular weight excluding hydrogens is 270 g/mol. The van der Waals surface area contributed by atoms with Gasteiger partial charge in [0.05, 0.1) is 13.0 Å². The number of likely N-dealkylation sites (tertiary alicyclic amines) is 1. The lowest BCUT2D eigenvalue weighted by atomic mass is 10.1. The van der Waals surface area contributed by atoms with Gasteiger partial charge in [-0.15, -0.1) is 0 Å². The van der Waals surface area contributed by atoms with Gasteiger partial charge in [0, 0.05) is 24.8 Å². The minimum Gasteiger partial charge on any atom is -0.469 e. The second-order valence-electron chi connectivity index (χ2n) is 5.30. The van der Waals surface area contributed by atoms with E-state index in [9.17, 15) is 9.59 Å². The Morgan fingerprint density at radius 1 is 1.38 bits per heavy atom. The fraction of sp³-hybridized carbons (Fsp3) is 0.467. The van der Waals surface area contributed by atoms with E-state index < -0.39 is 0 Å². The molecule has 21 heavy (non-hydrogen) atoms. The van der Waals surface area contributed by atoms with Gasteiger partial charge in [-0.25, -0.2) is 4.79 Å². The largest absolute Gasteiger partial charge is 0.469 e. The van der Waals surface area contributed by atoms with Gasteiger partial charge in [0.2, 0.25) is 0 Å². The number of anilines is 1. The van der Waals surface area contributed by atoms with Crippen molar-refractivity contribution in [1.29, 1.82) is 0 Å². The minimum absolute atomic E-state index is 0.0332. The van der Waals surface area contributed by atoms with E-state index >= 15 is 0 Å². The summed E-state index contributed by atoms with van der Waals surface area (Å²) in [5.74, 6) is -0.479. The molecule has 0 saturated carbocycles. The first-order valence-corrected chi connectivity index (χ1v) is 7.00. The van der Waals surface area contributed by atoms with Crippen LogP contribution in [-0.2, 0) is 9.53 Å². The van der Waals surface area contributed by atoms with Crippen molar-refractivity contribution in [2.45, 2.75) is 19.4 Å². The predicted molar refractivity (Wildman–Crippen MR) is 79.8 cm³/mol. The van der Waals surface area contributed by atoms with E-state index in [0.29, 0.717) is 25.2 Å². The molecule has 1 aromatic carbocycles. The normalized spacial score (nSPS) is 19.2. The number of ether oxygens (including phenoxy) is 1. The lowest BCUT2D eigenvalue weighted by Crippen LogP contribution is -2.33. The molecule has 1 aliphatic heterocycles. The zero-order chi connectivity index (χ0) is 15.4. The van der Waals surface area contributed by atoms with Gasteiger partial charge in [0.25, 0.3) is 0 Å². The van der Waals surface area contributed by atoms with E-state index in [0.717, 1.165) is 5.56 Å². The summed E-state index contributed by atoms with van der Waals surface area (Å²) in [6.07, 6.45) is 0.643. The summed E-state index contributed by atoms with van der Waals surface area (Å²) in [6.45, 7) is 2.87. The van der Waals surface area contributed by atoms with Crippen molar-refractivity contribution in [3.05, 3.63) is 29.8 Å². The predicted octanol–water partition coefficient (Wildman–Crippen LogP) is 1.73. The molecule has 1 aromatic rings. The van der Waals surface area contributed by atoms with Crippen molar-refractivity contribution in [3.63, 3.8) is 0 Å². The highest BCUT2D eigenvalue weighted by molar-refractivity contribution is 5.90. The van der Waals surface area contributed by atoms with Gasteiger partial charge in [-0.05, 0) is 31.0 Å². The molecule has 6 heteroatoms. The molecule has 0 aromatic heterocycles. The smallest absolute Gasteiger partial charge is 0.321 e. The Hall–Kier alpha value is -2.08. The quantitative estimate of drug-likeness (QED) is 0.831. The zero-order valence-electron chi connectivity index (χ0n) is 12.3. The first-order valence-electron chi connectivity index (χ1n) is 7.00. The van der Waals surface area contributed by atoms with Crippen LogP contribution in [0.15, 0.2) is 24.3 Å². The van der Waals surface area contributed by atoms with Crippen molar-refractivity contribution in [2.24, 2.45) is 11.7 Å². The van der Waals surface area contributed by atoms with Crippen LogP contribution in [-0.4, -0.2) is 37.1 Å². The molecule has 1 heterocycles. The summed E-state index contributed by atoms with van der Waals surface area (Å²) in [7, 11) is 1.37. The molecule has 1 aliphatic rings. The van der Waals surface area contributed by atoms with Crippen molar-refractivity contribution in [1.82, 2.24) is 4.90 Å². The van der Waals surface area contributed by atoms with E-state index in [4.69, 9.17) is 10.5 Å². The molecule has 2 amide bonds. The number of carbonyl (C=O) groups excluding carboxylic acids is 2. The molecule has 0 radical (unpaired) electrons. The van der Waals surface area contributed by atoms with E-state index in [2.05, 4.69) is 5.32 Å². The molecule has 6 nitrogen and oxygen atoms in total. The summed E-state index contributed by atoms with van der Waals surface area (Å²) in [4.78, 5) is 25.2. The molecule has 2 rings (SSSR count). The van der Waals surface area contributed by atoms with Crippen LogP contribution < -0.4 is 11.1 Å². The highest BCUT2D eigenvalue weighted by atomic mass is 16.5. The molecule has 0 bridgehead atoms. The van der Waals surface area contributed by atoms with Crippen LogP contribution in [0.5, 0.6) is 0 Å². The summed E-state index contributed by atoms with van der Waals surface area (Å²) < 4.78 is 4.71. The molecule has 0 aliphatic carbocycles. The Balaban J connectivity index is 1.91. The van der Waals surface area contributed by atoms with Crippen LogP contribution in [0.4, 0.5) is 10.5 Å². The second-order valence-corrected chi connectivity index (χ2v) is 5.30. The van der Waals surface area contributed by atoms with Crippen LogP contribution in [0.3, 0.4) is 0 Å². The van der Waals surface area contributed by atoms with Crippen LogP contribution in [0.25, 0.3) is 0 Å².